The Bertz CT molecular complexity index is 549. The maximum atomic E-state index is 3.66. The van der Waals surface area contributed by atoms with Crippen molar-refractivity contribution in [2.75, 3.05) is 0 Å². The Morgan fingerprint density at radius 3 is 1.43 bits per heavy atom. The molecule has 0 bridgehead atoms. The summed E-state index contributed by atoms with van der Waals surface area (Å²) in [6.45, 7) is 9.40. The van der Waals surface area contributed by atoms with Gasteiger partial charge in [0.25, 0.3) is 5.82 Å². The Labute approximate surface area is 221 Å². The van der Waals surface area contributed by atoms with Crippen LogP contribution in [0.15, 0.2) is 12.4 Å². The molecule has 0 fully saturated rings. The summed E-state index contributed by atoms with van der Waals surface area (Å²) in [5.74, 6) is 2.21. The highest BCUT2D eigenvalue weighted by molar-refractivity contribution is 4.90. The van der Waals surface area contributed by atoms with Gasteiger partial charge in [0, 0.05) is 0 Å². The van der Waals surface area contributed by atoms with Gasteiger partial charge in [0.15, 0.2) is 0 Å². The van der Waals surface area contributed by atoms with Gasteiger partial charge in [-0.25, -0.2) is 9.55 Å². The number of rotatable bonds is 26. The first kappa shape index (κ1) is 32.2. The van der Waals surface area contributed by atoms with Crippen LogP contribution in [0.1, 0.15) is 200 Å². The summed E-state index contributed by atoms with van der Waals surface area (Å²) in [4.78, 5) is 3.66. The molecule has 2 nitrogen and oxygen atoms in total. The summed E-state index contributed by atoms with van der Waals surface area (Å²) in [6, 6.07) is 0.622. The zero-order chi connectivity index (χ0) is 25.4. The predicted molar refractivity (Wildman–Crippen MR) is 156 cm³/mol. The van der Waals surface area contributed by atoms with Crippen molar-refractivity contribution in [3.8, 4) is 0 Å². The normalized spacial score (nSPS) is 13.4. The van der Waals surface area contributed by atoms with Crippen molar-refractivity contribution < 1.29 is 4.57 Å². The van der Waals surface area contributed by atoms with Crippen molar-refractivity contribution in [1.82, 2.24) is 4.98 Å². The fourth-order valence-electron chi connectivity index (χ4n) is 5.78. The second-order valence-corrected chi connectivity index (χ2v) is 11.5. The second kappa shape index (κ2) is 23.6. The van der Waals surface area contributed by atoms with Crippen molar-refractivity contribution in [1.29, 1.82) is 0 Å². The quantitative estimate of drug-likeness (QED) is 0.0985. The highest BCUT2D eigenvalue weighted by Gasteiger charge is 2.24. The lowest BCUT2D eigenvalue weighted by Gasteiger charge is -2.16. The van der Waals surface area contributed by atoms with E-state index in [-0.39, 0.29) is 0 Å². The van der Waals surface area contributed by atoms with Crippen molar-refractivity contribution in [3.05, 3.63) is 18.2 Å². The third-order valence-corrected chi connectivity index (χ3v) is 8.12. The first-order chi connectivity index (χ1) is 17.2. The SMILES string of the molecule is CCCCCCCCCCCCCC(C)[n+]1cc[nH]c1C(CCC)CCCCCCCCCCC. The largest absolute Gasteiger partial charge is 0.257 e. The van der Waals surface area contributed by atoms with Crippen molar-refractivity contribution in [2.24, 2.45) is 0 Å². The molecule has 2 unspecified atom stereocenters. The van der Waals surface area contributed by atoms with Gasteiger partial charge in [0.2, 0.25) is 0 Å². The third-order valence-electron chi connectivity index (χ3n) is 8.12. The molecule has 1 aromatic heterocycles. The summed E-state index contributed by atoms with van der Waals surface area (Å²) < 4.78 is 2.59. The maximum absolute atomic E-state index is 3.66. The molecule has 0 aliphatic carbocycles. The minimum atomic E-state index is 0.622. The van der Waals surface area contributed by atoms with E-state index in [1.807, 2.05) is 0 Å². The molecule has 0 aliphatic heterocycles. The number of hydrogen-bond donors (Lipinski definition) is 1. The van der Waals surface area contributed by atoms with Crippen LogP contribution in [0.4, 0.5) is 0 Å². The topological polar surface area (TPSA) is 19.7 Å². The Kier molecular flexibility index (Phi) is 21.7. The van der Waals surface area contributed by atoms with Crippen LogP contribution in [0.5, 0.6) is 0 Å². The van der Waals surface area contributed by atoms with Crippen LogP contribution in [0.2, 0.25) is 0 Å². The number of aromatic amines is 1. The highest BCUT2D eigenvalue weighted by Crippen LogP contribution is 2.26. The molecule has 0 spiro atoms. The van der Waals surface area contributed by atoms with Gasteiger partial charge in [-0.1, -0.05) is 149 Å². The Morgan fingerprint density at radius 1 is 0.543 bits per heavy atom. The van der Waals surface area contributed by atoms with Crippen LogP contribution in [-0.2, 0) is 0 Å². The minimum absolute atomic E-state index is 0.622. The van der Waals surface area contributed by atoms with Gasteiger partial charge in [0.1, 0.15) is 12.4 Å². The highest BCUT2D eigenvalue weighted by atomic mass is 15.1. The number of unbranched alkanes of at least 4 members (excludes halogenated alkanes) is 18. The van der Waals surface area contributed by atoms with E-state index in [1.165, 1.54) is 160 Å². The summed E-state index contributed by atoms with van der Waals surface area (Å²) >= 11 is 0. The van der Waals surface area contributed by atoms with Gasteiger partial charge >= 0.3 is 0 Å². The Morgan fingerprint density at radius 2 is 0.971 bits per heavy atom. The lowest BCUT2D eigenvalue weighted by atomic mass is 9.94. The smallest absolute Gasteiger partial charge is 0.247 e. The monoisotopic (exact) mass is 490 g/mol. The zero-order valence-electron chi connectivity index (χ0n) is 24.7. The molecule has 206 valence electrons. The van der Waals surface area contributed by atoms with Gasteiger partial charge in [-0.05, 0) is 32.6 Å². The van der Waals surface area contributed by atoms with E-state index in [1.54, 1.807) is 0 Å². The van der Waals surface area contributed by atoms with E-state index >= 15 is 0 Å². The molecule has 0 saturated carbocycles. The van der Waals surface area contributed by atoms with Crippen LogP contribution < -0.4 is 4.57 Å². The molecule has 0 amide bonds. The fraction of sp³-hybridized carbons (Fsp3) is 0.909. The van der Waals surface area contributed by atoms with Crippen molar-refractivity contribution in [3.63, 3.8) is 0 Å². The Balaban J connectivity index is 2.23. The summed E-state index contributed by atoms with van der Waals surface area (Å²) in [7, 11) is 0. The fourth-order valence-corrected chi connectivity index (χ4v) is 5.78. The summed E-state index contributed by atoms with van der Waals surface area (Å²) in [6.07, 6.45) is 38.4. The van der Waals surface area contributed by atoms with Crippen molar-refractivity contribution >= 4 is 0 Å². The standard InChI is InChI=1S/C33H64N2/c1-5-8-10-12-14-16-17-19-20-22-24-27-31(4)35-30-29-34-33(35)32(26-7-3)28-25-23-21-18-15-13-11-9-6-2/h29-32H,5-28H2,1-4H3/p+1. The molecule has 0 saturated heterocycles. The van der Waals surface area contributed by atoms with Crippen LogP contribution >= 0.6 is 0 Å². The number of nitrogens with one attached hydrogen (secondary N) is 1. The first-order valence-corrected chi connectivity index (χ1v) is 16.3. The van der Waals surface area contributed by atoms with E-state index in [4.69, 9.17) is 0 Å². The van der Waals surface area contributed by atoms with Crippen molar-refractivity contribution in [2.45, 2.75) is 194 Å². The maximum Gasteiger partial charge on any atom is 0.257 e. The molecule has 2 atom stereocenters. The van der Waals surface area contributed by atoms with Gasteiger partial charge in [-0.3, -0.25) is 0 Å². The number of aromatic nitrogens is 2. The lowest BCUT2D eigenvalue weighted by molar-refractivity contribution is -0.727. The lowest BCUT2D eigenvalue weighted by Crippen LogP contribution is -2.41. The molecule has 1 aromatic rings. The van der Waals surface area contributed by atoms with Gasteiger partial charge < -0.3 is 0 Å². The zero-order valence-corrected chi connectivity index (χ0v) is 24.7. The first-order valence-electron chi connectivity index (χ1n) is 16.3. The Hall–Kier alpha value is -0.790. The molecule has 2 heteroatoms. The van der Waals surface area contributed by atoms with Crippen LogP contribution in [-0.4, -0.2) is 4.98 Å². The molecule has 0 aromatic carbocycles. The van der Waals surface area contributed by atoms with Crippen LogP contribution in [0.25, 0.3) is 0 Å². The average molecular weight is 490 g/mol. The third kappa shape index (κ3) is 16.6. The summed E-state index contributed by atoms with van der Waals surface area (Å²) in [5.41, 5.74) is 0. The van der Waals surface area contributed by atoms with E-state index in [0.29, 0.717) is 12.0 Å². The molecule has 1 rings (SSSR count). The van der Waals surface area contributed by atoms with Gasteiger partial charge in [-0.15, -0.1) is 0 Å². The number of hydrogen-bond acceptors (Lipinski definition) is 0. The molecule has 1 N–H and O–H groups in total. The van der Waals surface area contributed by atoms with E-state index in [2.05, 4.69) is 49.6 Å². The van der Waals surface area contributed by atoms with Crippen LogP contribution in [0.3, 0.4) is 0 Å². The molecule has 1 heterocycles. The minimum Gasteiger partial charge on any atom is -0.247 e. The second-order valence-electron chi connectivity index (χ2n) is 11.5. The molecule has 35 heavy (non-hydrogen) atoms. The predicted octanol–water partition coefficient (Wildman–Crippen LogP) is 11.4. The molecular formula is C33H65N2+. The molecule has 0 radical (unpaired) electrons. The van der Waals surface area contributed by atoms with E-state index in [0.717, 1.165) is 0 Å². The van der Waals surface area contributed by atoms with Gasteiger partial charge in [-0.2, -0.15) is 0 Å². The number of H-pyrrole nitrogens is 1. The van der Waals surface area contributed by atoms with E-state index in [9.17, 15) is 0 Å². The average Bonchev–Trinajstić information content (AvgIpc) is 3.35. The summed E-state index contributed by atoms with van der Waals surface area (Å²) in [5, 5.41) is 0. The molecular weight excluding hydrogens is 424 g/mol. The van der Waals surface area contributed by atoms with Gasteiger partial charge in [0.05, 0.1) is 12.0 Å². The van der Waals surface area contributed by atoms with Crippen LogP contribution in [0, 0.1) is 0 Å². The van der Waals surface area contributed by atoms with E-state index < -0.39 is 0 Å². The number of nitrogens with zero attached hydrogens (tertiary/aromatic N) is 1. The number of imidazole rings is 1. The molecule has 0 aliphatic rings.